The van der Waals surface area contributed by atoms with E-state index in [-0.39, 0.29) is 36.6 Å². The highest BCUT2D eigenvalue weighted by Gasteiger charge is 2.46. The maximum Gasteiger partial charge on any atom is 0.398 e. The Bertz CT molecular complexity index is 724. The van der Waals surface area contributed by atoms with Gasteiger partial charge in [0.1, 0.15) is 5.92 Å². The SMILES string of the molecule is NC(=O)c1nn(Cc2ccccc2)c2c1CNCC2C(F)(F)F. The van der Waals surface area contributed by atoms with E-state index in [2.05, 4.69) is 10.4 Å². The molecule has 0 bridgehead atoms. The molecule has 1 aromatic carbocycles. The maximum absolute atomic E-state index is 13.4. The van der Waals surface area contributed by atoms with Gasteiger partial charge in [0.15, 0.2) is 5.69 Å². The van der Waals surface area contributed by atoms with Crippen LogP contribution >= 0.6 is 0 Å². The number of nitrogens with zero attached hydrogens (tertiary/aromatic N) is 2. The van der Waals surface area contributed by atoms with Crippen LogP contribution in [0.4, 0.5) is 13.2 Å². The highest BCUT2D eigenvalue weighted by Crippen LogP contribution is 2.39. The number of hydrogen-bond acceptors (Lipinski definition) is 3. The summed E-state index contributed by atoms with van der Waals surface area (Å²) in [7, 11) is 0. The van der Waals surface area contributed by atoms with Crippen LogP contribution < -0.4 is 11.1 Å². The van der Waals surface area contributed by atoms with Crippen LogP contribution in [0.25, 0.3) is 0 Å². The van der Waals surface area contributed by atoms with Crippen LogP contribution in [0.2, 0.25) is 0 Å². The summed E-state index contributed by atoms with van der Waals surface area (Å²) in [6.07, 6.45) is -4.43. The number of alkyl halides is 3. The van der Waals surface area contributed by atoms with Crippen LogP contribution in [-0.2, 0) is 13.1 Å². The van der Waals surface area contributed by atoms with Crippen molar-refractivity contribution in [1.29, 1.82) is 0 Å². The van der Waals surface area contributed by atoms with Gasteiger partial charge in [0.2, 0.25) is 0 Å². The minimum absolute atomic E-state index is 0.0221. The van der Waals surface area contributed by atoms with Crippen LogP contribution in [0.15, 0.2) is 30.3 Å². The fourth-order valence-corrected chi connectivity index (χ4v) is 2.86. The molecule has 0 spiro atoms. The van der Waals surface area contributed by atoms with E-state index in [0.29, 0.717) is 0 Å². The van der Waals surface area contributed by atoms with E-state index in [1.807, 2.05) is 6.07 Å². The predicted molar refractivity (Wildman–Crippen MR) is 76.8 cm³/mol. The Morgan fingerprint density at radius 2 is 2.04 bits per heavy atom. The standard InChI is InChI=1S/C15H15F3N4O/c16-15(17,18)11-7-20-6-10-12(14(19)23)21-22(13(10)11)8-9-4-2-1-3-5-9/h1-5,11,20H,6-8H2,(H2,19,23). The molecule has 0 fully saturated rings. The van der Waals surface area contributed by atoms with Crippen molar-refractivity contribution in [2.45, 2.75) is 25.2 Å². The lowest BCUT2D eigenvalue weighted by atomic mass is 9.95. The highest BCUT2D eigenvalue weighted by atomic mass is 19.4. The van der Waals surface area contributed by atoms with E-state index in [4.69, 9.17) is 5.73 Å². The molecule has 2 heterocycles. The molecule has 2 aromatic rings. The van der Waals surface area contributed by atoms with E-state index in [9.17, 15) is 18.0 Å². The Hall–Kier alpha value is -2.35. The van der Waals surface area contributed by atoms with Gasteiger partial charge in [0.25, 0.3) is 5.91 Å². The van der Waals surface area contributed by atoms with Gasteiger partial charge >= 0.3 is 6.18 Å². The molecule has 0 saturated carbocycles. The number of benzene rings is 1. The number of primary amides is 1. The number of nitrogens with two attached hydrogens (primary N) is 1. The van der Waals surface area contributed by atoms with E-state index in [0.717, 1.165) is 5.56 Å². The summed E-state index contributed by atoms with van der Waals surface area (Å²) in [5.41, 5.74) is 6.24. The first-order valence-corrected chi connectivity index (χ1v) is 7.08. The third-order valence-electron chi connectivity index (χ3n) is 3.88. The van der Waals surface area contributed by atoms with Crippen LogP contribution in [0.3, 0.4) is 0 Å². The molecule has 122 valence electrons. The monoisotopic (exact) mass is 324 g/mol. The molecule has 1 aliphatic heterocycles. The number of halogens is 3. The molecule has 1 aliphatic rings. The second-order valence-electron chi connectivity index (χ2n) is 5.44. The molecule has 1 aromatic heterocycles. The summed E-state index contributed by atoms with van der Waals surface area (Å²) in [6.45, 7) is 0.0627. The smallest absolute Gasteiger partial charge is 0.364 e. The molecule has 1 amide bonds. The van der Waals surface area contributed by atoms with Crippen molar-refractivity contribution in [3.05, 3.63) is 52.8 Å². The number of amides is 1. The second kappa shape index (κ2) is 5.69. The second-order valence-corrected chi connectivity index (χ2v) is 5.44. The Balaban J connectivity index is 2.10. The Morgan fingerprint density at radius 3 is 2.65 bits per heavy atom. The number of aromatic nitrogens is 2. The minimum atomic E-state index is -4.43. The van der Waals surface area contributed by atoms with Crippen molar-refractivity contribution in [2.75, 3.05) is 6.54 Å². The van der Waals surface area contributed by atoms with E-state index in [1.54, 1.807) is 24.3 Å². The van der Waals surface area contributed by atoms with Gasteiger partial charge < -0.3 is 11.1 Å². The van der Waals surface area contributed by atoms with Gasteiger partial charge in [-0.3, -0.25) is 9.48 Å². The van der Waals surface area contributed by atoms with Gasteiger partial charge in [-0.05, 0) is 5.56 Å². The van der Waals surface area contributed by atoms with E-state index >= 15 is 0 Å². The first-order valence-electron chi connectivity index (χ1n) is 7.08. The van der Waals surface area contributed by atoms with Crippen LogP contribution in [-0.4, -0.2) is 28.4 Å². The van der Waals surface area contributed by atoms with Crippen molar-refractivity contribution in [3.63, 3.8) is 0 Å². The van der Waals surface area contributed by atoms with Crippen LogP contribution in [0.1, 0.15) is 33.2 Å². The lowest BCUT2D eigenvalue weighted by Crippen LogP contribution is -2.38. The summed E-state index contributed by atoms with van der Waals surface area (Å²) >= 11 is 0. The zero-order chi connectivity index (χ0) is 16.6. The third kappa shape index (κ3) is 2.94. The molecular formula is C15H15F3N4O. The molecule has 1 unspecified atom stereocenters. The van der Waals surface area contributed by atoms with E-state index in [1.165, 1.54) is 4.68 Å². The number of carbonyl (C=O) groups excluding carboxylic acids is 1. The first kappa shape index (κ1) is 15.5. The predicted octanol–water partition coefficient (Wildman–Crippen LogP) is 1.78. The summed E-state index contributed by atoms with van der Waals surface area (Å²) in [4.78, 5) is 11.5. The van der Waals surface area contributed by atoms with Crippen LogP contribution in [0, 0.1) is 0 Å². The summed E-state index contributed by atoms with van der Waals surface area (Å²) < 4.78 is 41.3. The van der Waals surface area contributed by atoms with Crippen molar-refractivity contribution < 1.29 is 18.0 Å². The first-order chi connectivity index (χ1) is 10.9. The Kier molecular flexibility index (Phi) is 3.85. The Morgan fingerprint density at radius 1 is 1.35 bits per heavy atom. The largest absolute Gasteiger partial charge is 0.398 e. The zero-order valence-corrected chi connectivity index (χ0v) is 12.1. The van der Waals surface area contributed by atoms with Crippen molar-refractivity contribution in [3.8, 4) is 0 Å². The molecule has 0 radical (unpaired) electrons. The molecule has 23 heavy (non-hydrogen) atoms. The van der Waals surface area contributed by atoms with Gasteiger partial charge in [-0.2, -0.15) is 18.3 Å². The molecule has 3 rings (SSSR count). The molecule has 0 aliphatic carbocycles. The van der Waals surface area contributed by atoms with Gasteiger partial charge in [0.05, 0.1) is 12.2 Å². The number of carbonyl (C=O) groups is 1. The minimum Gasteiger partial charge on any atom is -0.364 e. The summed E-state index contributed by atoms with van der Waals surface area (Å²) in [5, 5.41) is 6.74. The quantitative estimate of drug-likeness (QED) is 0.904. The fraction of sp³-hybridized carbons (Fsp3) is 0.333. The average Bonchev–Trinajstić information content (AvgIpc) is 2.86. The molecule has 8 heteroatoms. The van der Waals surface area contributed by atoms with Gasteiger partial charge in [-0.25, -0.2) is 0 Å². The molecule has 1 atom stereocenters. The topological polar surface area (TPSA) is 72.9 Å². The van der Waals surface area contributed by atoms with Crippen molar-refractivity contribution >= 4 is 5.91 Å². The van der Waals surface area contributed by atoms with Crippen LogP contribution in [0.5, 0.6) is 0 Å². The fourth-order valence-electron chi connectivity index (χ4n) is 2.86. The highest BCUT2D eigenvalue weighted by molar-refractivity contribution is 5.92. The normalized spacial score (nSPS) is 17.8. The van der Waals surface area contributed by atoms with Gasteiger partial charge in [-0.15, -0.1) is 0 Å². The van der Waals surface area contributed by atoms with Gasteiger partial charge in [-0.1, -0.05) is 30.3 Å². The van der Waals surface area contributed by atoms with E-state index < -0.39 is 18.0 Å². The number of hydrogen-bond donors (Lipinski definition) is 2. The zero-order valence-electron chi connectivity index (χ0n) is 12.1. The summed E-state index contributed by atoms with van der Waals surface area (Å²) in [6, 6.07) is 8.99. The summed E-state index contributed by atoms with van der Waals surface area (Å²) in [5.74, 6) is -2.53. The van der Waals surface area contributed by atoms with Crippen molar-refractivity contribution in [2.24, 2.45) is 5.73 Å². The Labute approximate surface area is 130 Å². The molecule has 5 nitrogen and oxygen atoms in total. The number of rotatable bonds is 3. The average molecular weight is 324 g/mol. The number of nitrogens with one attached hydrogen (secondary N) is 1. The lowest BCUT2D eigenvalue weighted by molar-refractivity contribution is -0.152. The molecule has 3 N–H and O–H groups in total. The molecular weight excluding hydrogens is 309 g/mol. The lowest BCUT2D eigenvalue weighted by Gasteiger charge is -2.27. The third-order valence-corrected chi connectivity index (χ3v) is 3.88. The van der Waals surface area contributed by atoms with Gasteiger partial charge in [0, 0.05) is 18.7 Å². The maximum atomic E-state index is 13.4. The van der Waals surface area contributed by atoms with Crippen molar-refractivity contribution in [1.82, 2.24) is 15.1 Å². The molecule has 0 saturated heterocycles. The number of fused-ring (bicyclic) bond motifs is 1.